The van der Waals surface area contributed by atoms with Crippen LogP contribution in [0.4, 0.5) is 5.95 Å². The second kappa shape index (κ2) is 8.25. The zero-order chi connectivity index (χ0) is 19.3. The Morgan fingerprint density at radius 1 is 1.07 bits per heavy atom. The molecular formula is C22H24N4O2. The van der Waals surface area contributed by atoms with E-state index in [9.17, 15) is 4.79 Å². The van der Waals surface area contributed by atoms with E-state index in [1.54, 1.807) is 12.5 Å². The number of carbonyl (C=O) groups is 1. The minimum atomic E-state index is -0.0775. The van der Waals surface area contributed by atoms with Crippen LogP contribution in [0.2, 0.25) is 0 Å². The predicted octanol–water partition coefficient (Wildman–Crippen LogP) is 3.58. The molecule has 1 atom stereocenters. The molecule has 0 saturated carbocycles. The van der Waals surface area contributed by atoms with Crippen molar-refractivity contribution < 1.29 is 9.21 Å². The molecule has 28 heavy (non-hydrogen) atoms. The Kier molecular flexibility index (Phi) is 5.37. The van der Waals surface area contributed by atoms with Crippen molar-refractivity contribution in [1.82, 2.24) is 14.9 Å². The Hall–Kier alpha value is -3.15. The Labute approximate surface area is 164 Å². The molecule has 0 radical (unpaired) electrons. The van der Waals surface area contributed by atoms with Gasteiger partial charge in [-0.1, -0.05) is 37.3 Å². The van der Waals surface area contributed by atoms with Gasteiger partial charge in [-0.25, -0.2) is 9.97 Å². The maximum Gasteiger partial charge on any atom is 0.230 e. The topological polar surface area (TPSA) is 62.5 Å². The second-order valence-electron chi connectivity index (χ2n) is 6.90. The van der Waals surface area contributed by atoms with Crippen molar-refractivity contribution in [2.45, 2.75) is 19.3 Å². The number of hydrogen-bond acceptors (Lipinski definition) is 5. The van der Waals surface area contributed by atoms with Crippen LogP contribution >= 0.6 is 0 Å². The number of amides is 1. The van der Waals surface area contributed by atoms with Crippen molar-refractivity contribution in [2.75, 3.05) is 31.1 Å². The molecule has 6 nitrogen and oxygen atoms in total. The highest BCUT2D eigenvalue weighted by Gasteiger charge is 2.28. The lowest BCUT2D eigenvalue weighted by molar-refractivity contribution is -0.133. The van der Waals surface area contributed by atoms with Gasteiger partial charge in [0.25, 0.3) is 0 Å². The van der Waals surface area contributed by atoms with E-state index in [1.807, 2.05) is 53.4 Å². The van der Waals surface area contributed by atoms with Crippen LogP contribution in [0.25, 0.3) is 11.5 Å². The van der Waals surface area contributed by atoms with Crippen molar-refractivity contribution >= 4 is 11.9 Å². The Bertz CT molecular complexity index is 903. The monoisotopic (exact) mass is 376 g/mol. The third-order valence-electron chi connectivity index (χ3n) is 5.20. The lowest BCUT2D eigenvalue weighted by atomic mass is 9.95. The fourth-order valence-electron chi connectivity index (χ4n) is 3.65. The molecule has 6 heteroatoms. The summed E-state index contributed by atoms with van der Waals surface area (Å²) in [6.07, 6.45) is 4.19. The van der Waals surface area contributed by atoms with E-state index in [1.165, 1.54) is 0 Å². The minimum Gasteiger partial charge on any atom is -0.463 e. The number of benzene rings is 1. The average Bonchev–Trinajstić information content (AvgIpc) is 3.30. The number of nitrogens with zero attached hydrogens (tertiary/aromatic N) is 4. The smallest absolute Gasteiger partial charge is 0.230 e. The number of aromatic nitrogens is 2. The van der Waals surface area contributed by atoms with Crippen molar-refractivity contribution in [3.8, 4) is 11.5 Å². The molecule has 0 spiro atoms. The fourth-order valence-corrected chi connectivity index (χ4v) is 3.65. The zero-order valence-corrected chi connectivity index (χ0v) is 16.0. The van der Waals surface area contributed by atoms with E-state index in [0.29, 0.717) is 19.0 Å². The van der Waals surface area contributed by atoms with E-state index >= 15 is 0 Å². The lowest BCUT2D eigenvalue weighted by Gasteiger charge is -2.36. The summed E-state index contributed by atoms with van der Waals surface area (Å²) in [7, 11) is 0. The van der Waals surface area contributed by atoms with Crippen molar-refractivity contribution in [1.29, 1.82) is 0 Å². The summed E-state index contributed by atoms with van der Waals surface area (Å²) in [5.74, 6) is 1.53. The van der Waals surface area contributed by atoms with Crippen molar-refractivity contribution in [2.24, 2.45) is 0 Å². The zero-order valence-electron chi connectivity index (χ0n) is 16.0. The summed E-state index contributed by atoms with van der Waals surface area (Å²) < 4.78 is 5.43. The van der Waals surface area contributed by atoms with Crippen molar-refractivity contribution in [3.63, 3.8) is 0 Å². The van der Waals surface area contributed by atoms with Crippen LogP contribution in [0.1, 0.15) is 24.8 Å². The molecule has 1 aromatic carbocycles. The van der Waals surface area contributed by atoms with Gasteiger partial charge in [0.2, 0.25) is 11.9 Å². The predicted molar refractivity (Wildman–Crippen MR) is 108 cm³/mol. The first kappa shape index (κ1) is 18.2. The van der Waals surface area contributed by atoms with Crippen LogP contribution in [0.5, 0.6) is 0 Å². The quantitative estimate of drug-likeness (QED) is 0.681. The summed E-state index contributed by atoms with van der Waals surface area (Å²) >= 11 is 0. The van der Waals surface area contributed by atoms with Crippen LogP contribution < -0.4 is 4.90 Å². The van der Waals surface area contributed by atoms with Gasteiger partial charge in [0.1, 0.15) is 5.69 Å². The summed E-state index contributed by atoms with van der Waals surface area (Å²) in [5.41, 5.74) is 1.86. The number of rotatable bonds is 5. The van der Waals surface area contributed by atoms with Gasteiger partial charge in [-0.2, -0.15) is 0 Å². The highest BCUT2D eigenvalue weighted by molar-refractivity contribution is 5.84. The fraction of sp³-hybridized carbons (Fsp3) is 0.318. The largest absolute Gasteiger partial charge is 0.463 e. The molecule has 0 aliphatic carbocycles. The van der Waals surface area contributed by atoms with Gasteiger partial charge in [-0.3, -0.25) is 4.79 Å². The number of piperazine rings is 1. The van der Waals surface area contributed by atoms with Gasteiger partial charge >= 0.3 is 0 Å². The van der Waals surface area contributed by atoms with Gasteiger partial charge in [-0.05, 0) is 30.2 Å². The molecule has 3 aromatic rings. The number of carbonyl (C=O) groups excluding carboxylic acids is 1. The molecule has 144 valence electrons. The van der Waals surface area contributed by atoms with Crippen LogP contribution in [0, 0.1) is 0 Å². The van der Waals surface area contributed by atoms with Gasteiger partial charge in [-0.15, -0.1) is 0 Å². The maximum atomic E-state index is 13.0. The third kappa shape index (κ3) is 3.76. The van der Waals surface area contributed by atoms with Crippen LogP contribution in [-0.2, 0) is 4.79 Å². The normalized spacial score (nSPS) is 15.5. The van der Waals surface area contributed by atoms with Crippen LogP contribution in [0.15, 0.2) is 65.4 Å². The average molecular weight is 376 g/mol. The summed E-state index contributed by atoms with van der Waals surface area (Å²) in [5, 5.41) is 0. The molecule has 4 rings (SSSR count). The molecule has 1 saturated heterocycles. The van der Waals surface area contributed by atoms with E-state index in [0.717, 1.165) is 36.5 Å². The minimum absolute atomic E-state index is 0.0775. The van der Waals surface area contributed by atoms with Gasteiger partial charge in [0.15, 0.2) is 5.76 Å². The molecule has 0 unspecified atom stereocenters. The first-order chi connectivity index (χ1) is 13.8. The lowest BCUT2D eigenvalue weighted by Crippen LogP contribution is -2.50. The molecule has 2 aromatic heterocycles. The molecule has 1 aliphatic rings. The Balaban J connectivity index is 1.42. The molecule has 0 bridgehead atoms. The molecule has 1 amide bonds. The number of furan rings is 1. The number of hydrogen-bond donors (Lipinski definition) is 0. The second-order valence-corrected chi connectivity index (χ2v) is 6.90. The molecule has 1 aliphatic heterocycles. The Morgan fingerprint density at radius 2 is 1.86 bits per heavy atom. The first-order valence-electron chi connectivity index (χ1n) is 9.72. The van der Waals surface area contributed by atoms with Gasteiger partial charge in [0.05, 0.1) is 12.2 Å². The van der Waals surface area contributed by atoms with Crippen molar-refractivity contribution in [3.05, 3.63) is 66.6 Å². The summed E-state index contributed by atoms with van der Waals surface area (Å²) in [4.78, 5) is 26.2. The van der Waals surface area contributed by atoms with Crippen LogP contribution in [0.3, 0.4) is 0 Å². The SMILES string of the molecule is CC[C@@H](C(=O)N1CCN(c2nccc(-c3ccco3)n2)CC1)c1ccccc1. The van der Waals surface area contributed by atoms with Gasteiger partial charge in [0, 0.05) is 32.4 Å². The number of anilines is 1. The van der Waals surface area contributed by atoms with E-state index < -0.39 is 0 Å². The maximum absolute atomic E-state index is 13.0. The summed E-state index contributed by atoms with van der Waals surface area (Å²) in [6, 6.07) is 15.6. The molecule has 0 N–H and O–H groups in total. The third-order valence-corrected chi connectivity index (χ3v) is 5.20. The molecular weight excluding hydrogens is 352 g/mol. The highest BCUT2D eigenvalue weighted by Crippen LogP contribution is 2.24. The highest BCUT2D eigenvalue weighted by atomic mass is 16.3. The standard InChI is InChI=1S/C22H24N4O2/c1-2-18(17-7-4-3-5-8-17)21(27)25-12-14-26(15-13-25)22-23-11-10-19(24-22)20-9-6-16-28-20/h3-11,16,18H,2,12-15H2,1H3/t18-/m1/s1. The van der Waals surface area contributed by atoms with E-state index in [2.05, 4.69) is 21.8 Å². The van der Waals surface area contributed by atoms with Gasteiger partial charge < -0.3 is 14.2 Å². The van der Waals surface area contributed by atoms with E-state index in [-0.39, 0.29) is 11.8 Å². The van der Waals surface area contributed by atoms with Crippen LogP contribution in [-0.4, -0.2) is 47.0 Å². The Morgan fingerprint density at radius 3 is 2.54 bits per heavy atom. The first-order valence-corrected chi connectivity index (χ1v) is 9.72. The summed E-state index contributed by atoms with van der Waals surface area (Å²) in [6.45, 7) is 4.87. The van der Waals surface area contributed by atoms with E-state index in [4.69, 9.17) is 4.42 Å². The molecule has 3 heterocycles. The molecule has 1 fully saturated rings.